The Hall–Kier alpha value is -5.05. The largest absolute Gasteiger partial charge is 0.339 e. The first kappa shape index (κ1) is 22.4. The van der Waals surface area contributed by atoms with Crippen LogP contribution in [0.2, 0.25) is 0 Å². The minimum Gasteiger partial charge on any atom is -0.339 e. The van der Waals surface area contributed by atoms with Crippen molar-refractivity contribution in [1.29, 1.82) is 0 Å². The Balaban J connectivity index is 1.17. The number of hydrogen-bond donors (Lipinski definition) is 2. The lowest BCUT2D eigenvalue weighted by Gasteiger charge is -2.06. The Morgan fingerprint density at radius 3 is 2.68 bits per heavy atom. The van der Waals surface area contributed by atoms with Gasteiger partial charge in [0.25, 0.3) is 0 Å². The topological polar surface area (TPSA) is 106 Å². The van der Waals surface area contributed by atoms with Crippen molar-refractivity contribution in [2.75, 3.05) is 5.32 Å². The van der Waals surface area contributed by atoms with E-state index in [0.29, 0.717) is 0 Å². The van der Waals surface area contributed by atoms with Gasteiger partial charge in [-0.1, -0.05) is 12.1 Å². The second-order valence-electron chi connectivity index (χ2n) is 8.93. The maximum absolute atomic E-state index is 12.7. The van der Waals surface area contributed by atoms with Gasteiger partial charge in [0.1, 0.15) is 17.8 Å². The van der Waals surface area contributed by atoms with Crippen molar-refractivity contribution in [2.45, 2.75) is 13.3 Å². The Kier molecular flexibility index (Phi) is 5.57. The predicted octanol–water partition coefficient (Wildman–Crippen LogP) is 4.70. The van der Waals surface area contributed by atoms with E-state index in [0.717, 1.165) is 56.3 Å². The SMILES string of the molecule is Cc1ccn(-c2ncnc3[nH]c(-c4ccc(NC(=O)Cc5cc(-c6cccnc6)nn5C)cc4)cc23)c1. The zero-order valence-corrected chi connectivity index (χ0v) is 20.4. The number of rotatable bonds is 6. The molecule has 1 aromatic carbocycles. The number of carbonyl (C=O) groups excluding carboxylic acids is 1. The second kappa shape index (κ2) is 9.19. The minimum absolute atomic E-state index is 0.110. The molecule has 5 aromatic heterocycles. The van der Waals surface area contributed by atoms with Crippen molar-refractivity contribution in [1.82, 2.24) is 34.3 Å². The van der Waals surface area contributed by atoms with E-state index in [9.17, 15) is 4.79 Å². The van der Waals surface area contributed by atoms with Crippen LogP contribution in [0.3, 0.4) is 0 Å². The van der Waals surface area contributed by atoms with Gasteiger partial charge < -0.3 is 14.9 Å². The third kappa shape index (κ3) is 4.50. The molecule has 0 aliphatic heterocycles. The molecule has 0 aliphatic rings. The van der Waals surface area contributed by atoms with Gasteiger partial charge in [0.2, 0.25) is 5.91 Å². The fourth-order valence-electron chi connectivity index (χ4n) is 4.35. The molecular formula is C28H24N8O. The lowest BCUT2D eigenvalue weighted by atomic mass is 10.1. The molecule has 0 aliphatic carbocycles. The van der Waals surface area contributed by atoms with Gasteiger partial charge in [0, 0.05) is 54.5 Å². The molecule has 37 heavy (non-hydrogen) atoms. The molecule has 9 heteroatoms. The van der Waals surface area contributed by atoms with Gasteiger partial charge in [-0.2, -0.15) is 5.10 Å². The summed E-state index contributed by atoms with van der Waals surface area (Å²) < 4.78 is 3.73. The smallest absolute Gasteiger partial charge is 0.230 e. The summed E-state index contributed by atoms with van der Waals surface area (Å²) in [6.45, 7) is 2.05. The molecule has 0 radical (unpaired) electrons. The van der Waals surface area contributed by atoms with Crippen LogP contribution in [0.1, 0.15) is 11.3 Å². The van der Waals surface area contributed by atoms with Gasteiger partial charge in [-0.15, -0.1) is 0 Å². The number of aromatic amines is 1. The third-order valence-corrected chi connectivity index (χ3v) is 6.25. The highest BCUT2D eigenvalue weighted by molar-refractivity contribution is 5.93. The molecular weight excluding hydrogens is 464 g/mol. The Morgan fingerprint density at radius 1 is 1.05 bits per heavy atom. The van der Waals surface area contributed by atoms with Crippen molar-refractivity contribution in [2.24, 2.45) is 7.05 Å². The number of H-pyrrole nitrogens is 1. The number of benzene rings is 1. The van der Waals surface area contributed by atoms with Crippen molar-refractivity contribution >= 4 is 22.6 Å². The summed E-state index contributed by atoms with van der Waals surface area (Å²) in [6, 6.07) is 17.6. The van der Waals surface area contributed by atoms with E-state index in [2.05, 4.69) is 36.4 Å². The van der Waals surface area contributed by atoms with Crippen LogP contribution >= 0.6 is 0 Å². The summed E-state index contributed by atoms with van der Waals surface area (Å²) in [5.74, 6) is 0.715. The van der Waals surface area contributed by atoms with E-state index >= 15 is 0 Å². The number of aryl methyl sites for hydroxylation is 2. The van der Waals surface area contributed by atoms with Crippen LogP contribution < -0.4 is 5.32 Å². The van der Waals surface area contributed by atoms with E-state index in [4.69, 9.17) is 0 Å². The molecule has 5 heterocycles. The van der Waals surface area contributed by atoms with E-state index < -0.39 is 0 Å². The minimum atomic E-state index is -0.110. The van der Waals surface area contributed by atoms with Crippen LogP contribution in [0.25, 0.3) is 39.4 Å². The molecule has 2 N–H and O–H groups in total. The summed E-state index contributed by atoms with van der Waals surface area (Å²) in [7, 11) is 1.84. The van der Waals surface area contributed by atoms with Gasteiger partial charge in [-0.3, -0.25) is 14.5 Å². The summed E-state index contributed by atoms with van der Waals surface area (Å²) in [5.41, 5.74) is 7.10. The van der Waals surface area contributed by atoms with Crippen molar-refractivity contribution in [3.05, 3.63) is 97.0 Å². The highest BCUT2D eigenvalue weighted by Gasteiger charge is 2.13. The number of nitrogens with one attached hydrogen (secondary N) is 2. The Labute approximate surface area is 212 Å². The number of fused-ring (bicyclic) bond motifs is 1. The molecule has 1 amide bonds. The number of nitrogens with zero attached hydrogens (tertiary/aromatic N) is 6. The first-order valence-electron chi connectivity index (χ1n) is 11.9. The van der Waals surface area contributed by atoms with Crippen molar-refractivity contribution in [3.63, 3.8) is 0 Å². The second-order valence-corrected chi connectivity index (χ2v) is 8.93. The molecule has 0 atom stereocenters. The first-order valence-corrected chi connectivity index (χ1v) is 11.9. The van der Waals surface area contributed by atoms with Crippen LogP contribution in [0.15, 0.2) is 85.7 Å². The molecule has 0 saturated heterocycles. The van der Waals surface area contributed by atoms with E-state index in [-0.39, 0.29) is 12.3 Å². The summed E-state index contributed by atoms with van der Waals surface area (Å²) in [6.07, 6.45) is 9.29. The standard InChI is InChI=1S/C28H24N8O/c1-18-9-11-36(16-18)28-23-14-24(33-27(23)30-17-31-28)19-5-7-21(8-6-19)32-26(37)13-22-12-25(34-35(22)2)20-4-3-10-29-15-20/h3-12,14-17H,13H2,1-2H3,(H,32,37)(H,30,31,33). The third-order valence-electron chi connectivity index (χ3n) is 6.25. The van der Waals surface area contributed by atoms with Crippen LogP contribution in [-0.4, -0.2) is 40.2 Å². The number of carbonyl (C=O) groups is 1. The highest BCUT2D eigenvalue weighted by atomic mass is 16.1. The average molecular weight is 489 g/mol. The molecule has 0 bridgehead atoms. The molecule has 0 spiro atoms. The highest BCUT2D eigenvalue weighted by Crippen LogP contribution is 2.27. The zero-order valence-electron chi connectivity index (χ0n) is 20.4. The molecule has 6 aromatic rings. The van der Waals surface area contributed by atoms with Crippen molar-refractivity contribution in [3.8, 4) is 28.3 Å². The summed E-state index contributed by atoms with van der Waals surface area (Å²) in [4.78, 5) is 29.1. The fraction of sp³-hybridized carbons (Fsp3) is 0.107. The molecule has 0 fully saturated rings. The van der Waals surface area contributed by atoms with E-state index in [1.54, 1.807) is 23.4 Å². The lowest BCUT2D eigenvalue weighted by Crippen LogP contribution is -2.16. The molecule has 9 nitrogen and oxygen atoms in total. The molecule has 6 rings (SSSR count). The maximum atomic E-state index is 12.7. The Bertz CT molecular complexity index is 1710. The monoisotopic (exact) mass is 488 g/mol. The molecule has 182 valence electrons. The van der Waals surface area contributed by atoms with Gasteiger partial charge >= 0.3 is 0 Å². The fourth-order valence-corrected chi connectivity index (χ4v) is 4.35. The van der Waals surface area contributed by atoms with Crippen LogP contribution in [0.4, 0.5) is 5.69 Å². The number of anilines is 1. The predicted molar refractivity (Wildman–Crippen MR) is 142 cm³/mol. The quantitative estimate of drug-likeness (QED) is 0.353. The zero-order chi connectivity index (χ0) is 25.4. The van der Waals surface area contributed by atoms with Crippen LogP contribution in [0, 0.1) is 6.92 Å². The van der Waals surface area contributed by atoms with E-state index in [1.807, 2.05) is 79.5 Å². The van der Waals surface area contributed by atoms with Crippen LogP contribution in [-0.2, 0) is 18.3 Å². The summed E-state index contributed by atoms with van der Waals surface area (Å²) in [5, 5.41) is 8.43. The number of amides is 1. The summed E-state index contributed by atoms with van der Waals surface area (Å²) >= 11 is 0. The number of hydrogen-bond acceptors (Lipinski definition) is 5. The Morgan fingerprint density at radius 2 is 1.92 bits per heavy atom. The number of pyridine rings is 1. The molecule has 0 saturated carbocycles. The first-order chi connectivity index (χ1) is 18.0. The molecule has 0 unspecified atom stereocenters. The van der Waals surface area contributed by atoms with Crippen LogP contribution in [0.5, 0.6) is 0 Å². The van der Waals surface area contributed by atoms with Gasteiger partial charge in [0.05, 0.1) is 17.5 Å². The van der Waals surface area contributed by atoms with Gasteiger partial charge in [-0.05, 0) is 60.5 Å². The van der Waals surface area contributed by atoms with E-state index in [1.165, 1.54) is 0 Å². The van der Waals surface area contributed by atoms with Gasteiger partial charge in [0.15, 0.2) is 0 Å². The normalized spacial score (nSPS) is 11.2. The average Bonchev–Trinajstić information content (AvgIpc) is 3.63. The van der Waals surface area contributed by atoms with Gasteiger partial charge in [-0.25, -0.2) is 9.97 Å². The number of aromatic nitrogens is 7. The van der Waals surface area contributed by atoms with Crippen molar-refractivity contribution < 1.29 is 4.79 Å². The maximum Gasteiger partial charge on any atom is 0.230 e. The lowest BCUT2D eigenvalue weighted by molar-refractivity contribution is -0.115.